The fourth-order valence-corrected chi connectivity index (χ4v) is 1.81. The summed E-state index contributed by atoms with van der Waals surface area (Å²) in [5, 5.41) is 0.445. The van der Waals surface area contributed by atoms with Crippen molar-refractivity contribution in [3.05, 3.63) is 23.8 Å². The Balaban J connectivity index is 2.95. The van der Waals surface area contributed by atoms with E-state index in [1.165, 1.54) is 0 Å². The van der Waals surface area contributed by atoms with Crippen LogP contribution in [0.2, 0.25) is 0 Å². The number of allylic oxidation sites excluding steroid dienone is 3. The summed E-state index contributed by atoms with van der Waals surface area (Å²) in [5.41, 5.74) is 0. The molecule has 0 bridgehead atoms. The van der Waals surface area contributed by atoms with Crippen molar-refractivity contribution in [2.24, 2.45) is 0 Å². The normalized spacial score (nSPS) is 29.8. The zero-order valence-corrected chi connectivity index (χ0v) is 8.16. The van der Waals surface area contributed by atoms with Crippen LogP contribution >= 0.6 is 23.2 Å². The number of rotatable bonds is 2. The Labute approximate surface area is 82.0 Å². The molecule has 0 aromatic heterocycles. The second kappa shape index (κ2) is 3.63. The maximum atomic E-state index is 11.4. The summed E-state index contributed by atoms with van der Waals surface area (Å²) in [6.45, 7) is 3.55. The molecule has 1 atom stereocenters. The molecule has 0 spiro atoms. The molecule has 0 aliphatic heterocycles. The maximum absolute atomic E-state index is 11.4. The summed E-state index contributed by atoms with van der Waals surface area (Å²) in [6.07, 6.45) is 5.01. The van der Waals surface area contributed by atoms with Crippen LogP contribution in [0.25, 0.3) is 0 Å². The van der Waals surface area contributed by atoms with Gasteiger partial charge in [-0.3, -0.25) is 4.79 Å². The number of carbonyl (C=O) groups is 1. The Morgan fingerprint density at radius 3 is 2.92 bits per heavy atom. The van der Waals surface area contributed by atoms with Gasteiger partial charge >= 0.3 is 0 Å². The van der Waals surface area contributed by atoms with Crippen LogP contribution in [-0.4, -0.2) is 10.7 Å². The first kappa shape index (κ1) is 9.82. The van der Waals surface area contributed by atoms with Crippen LogP contribution in [0.1, 0.15) is 19.3 Å². The molecule has 1 aliphatic carbocycles. The lowest BCUT2D eigenvalue weighted by atomic mass is 9.90. The first-order chi connectivity index (χ1) is 5.61. The van der Waals surface area contributed by atoms with E-state index < -0.39 is 4.87 Å². The van der Waals surface area contributed by atoms with Crippen LogP contribution in [0.5, 0.6) is 0 Å². The van der Waals surface area contributed by atoms with Crippen LogP contribution in [0.3, 0.4) is 0 Å². The first-order valence-corrected chi connectivity index (χ1v) is 4.56. The third-order valence-electron chi connectivity index (χ3n) is 1.94. The highest BCUT2D eigenvalue weighted by Crippen LogP contribution is 2.38. The monoisotopic (exact) mass is 204 g/mol. The highest BCUT2D eigenvalue weighted by molar-refractivity contribution is 6.47. The van der Waals surface area contributed by atoms with Gasteiger partial charge in [-0.1, -0.05) is 23.8 Å². The lowest BCUT2D eigenvalue weighted by Gasteiger charge is -2.26. The van der Waals surface area contributed by atoms with E-state index in [4.69, 9.17) is 23.2 Å². The summed E-state index contributed by atoms with van der Waals surface area (Å²) < 4.78 is 0. The van der Waals surface area contributed by atoms with Gasteiger partial charge in [0.25, 0.3) is 0 Å². The van der Waals surface area contributed by atoms with Gasteiger partial charge in [-0.15, -0.1) is 18.2 Å². The zero-order valence-electron chi connectivity index (χ0n) is 6.65. The number of halogens is 2. The third-order valence-corrected chi connectivity index (χ3v) is 3.08. The van der Waals surface area contributed by atoms with Crippen LogP contribution < -0.4 is 0 Å². The summed E-state index contributed by atoms with van der Waals surface area (Å²) in [6, 6.07) is 0. The molecule has 0 amide bonds. The minimum atomic E-state index is -1.01. The number of hydrogen-bond acceptors (Lipinski definition) is 1. The number of ketones is 1. The van der Waals surface area contributed by atoms with Crippen LogP contribution in [0.4, 0.5) is 0 Å². The molecule has 1 unspecified atom stereocenters. The van der Waals surface area contributed by atoms with Crippen molar-refractivity contribution in [1.29, 1.82) is 0 Å². The lowest BCUT2D eigenvalue weighted by Crippen LogP contribution is -2.34. The van der Waals surface area contributed by atoms with Gasteiger partial charge in [0, 0.05) is 11.5 Å². The Hall–Kier alpha value is -0.270. The minimum absolute atomic E-state index is 0.00318. The molecular formula is C9H10Cl2O. The predicted octanol–water partition coefficient (Wildman–Crippen LogP) is 3.03. The first-order valence-electron chi connectivity index (χ1n) is 3.80. The van der Waals surface area contributed by atoms with Gasteiger partial charge in [0.1, 0.15) is 4.87 Å². The van der Waals surface area contributed by atoms with E-state index >= 15 is 0 Å². The summed E-state index contributed by atoms with van der Waals surface area (Å²) in [7, 11) is 0. The molecule has 0 heterocycles. The largest absolute Gasteiger partial charge is 0.297 e. The van der Waals surface area contributed by atoms with E-state index in [1.54, 1.807) is 12.2 Å². The van der Waals surface area contributed by atoms with Crippen molar-refractivity contribution in [2.45, 2.75) is 24.1 Å². The quantitative estimate of drug-likeness (QED) is 0.500. The molecule has 1 aliphatic rings. The highest BCUT2D eigenvalue weighted by Gasteiger charge is 2.39. The van der Waals surface area contributed by atoms with Crippen molar-refractivity contribution >= 4 is 29.0 Å². The highest BCUT2D eigenvalue weighted by atomic mass is 35.5. The molecule has 1 nitrogen and oxygen atoms in total. The number of carbonyl (C=O) groups excluding carboxylic acids is 1. The van der Waals surface area contributed by atoms with Crippen molar-refractivity contribution in [1.82, 2.24) is 0 Å². The van der Waals surface area contributed by atoms with Gasteiger partial charge in [-0.2, -0.15) is 0 Å². The Morgan fingerprint density at radius 1 is 1.75 bits per heavy atom. The Kier molecular flexibility index (Phi) is 2.97. The summed E-state index contributed by atoms with van der Waals surface area (Å²) in [4.78, 5) is 10.4. The summed E-state index contributed by atoms with van der Waals surface area (Å²) in [5.74, 6) is -0.00318. The fourth-order valence-electron chi connectivity index (χ4n) is 1.23. The molecule has 3 heteroatoms. The molecule has 0 N–H and O–H groups in total. The van der Waals surface area contributed by atoms with Crippen molar-refractivity contribution < 1.29 is 4.79 Å². The van der Waals surface area contributed by atoms with Crippen molar-refractivity contribution in [3.8, 4) is 0 Å². The van der Waals surface area contributed by atoms with Crippen LogP contribution in [-0.2, 0) is 4.79 Å². The van der Waals surface area contributed by atoms with Gasteiger partial charge in [0.2, 0.25) is 0 Å². The van der Waals surface area contributed by atoms with Gasteiger partial charge in [-0.25, -0.2) is 0 Å². The molecule has 0 aromatic rings. The summed E-state index contributed by atoms with van der Waals surface area (Å²) >= 11 is 11.9. The van der Waals surface area contributed by atoms with E-state index in [0.29, 0.717) is 24.3 Å². The van der Waals surface area contributed by atoms with E-state index in [9.17, 15) is 4.79 Å². The molecule has 0 saturated carbocycles. The standard InChI is InChI=1S/C9H10Cl2O/c1-2-6-9(11)7(10)4-3-5-8(9)12/h2,4H,1,3,5-6H2. The minimum Gasteiger partial charge on any atom is -0.297 e. The fraction of sp³-hybridized carbons (Fsp3) is 0.444. The van der Waals surface area contributed by atoms with Crippen molar-refractivity contribution in [2.75, 3.05) is 0 Å². The lowest BCUT2D eigenvalue weighted by molar-refractivity contribution is -0.120. The maximum Gasteiger partial charge on any atom is 0.159 e. The van der Waals surface area contributed by atoms with Crippen molar-refractivity contribution in [3.63, 3.8) is 0 Å². The molecule has 0 fully saturated rings. The second-order valence-electron chi connectivity index (χ2n) is 2.81. The van der Waals surface area contributed by atoms with E-state index in [2.05, 4.69) is 6.58 Å². The third kappa shape index (κ3) is 1.57. The van der Waals surface area contributed by atoms with Crippen LogP contribution in [0.15, 0.2) is 23.8 Å². The van der Waals surface area contributed by atoms with E-state index in [0.717, 1.165) is 0 Å². The number of alkyl halides is 1. The predicted molar refractivity (Wildman–Crippen MR) is 51.6 cm³/mol. The van der Waals surface area contributed by atoms with E-state index in [1.807, 2.05) is 0 Å². The number of Topliss-reactive ketones (excluding diaryl/α,β-unsaturated/α-hetero) is 1. The van der Waals surface area contributed by atoms with Gasteiger partial charge in [0.15, 0.2) is 5.78 Å². The average Bonchev–Trinajstić information content (AvgIpc) is 2.02. The smallest absolute Gasteiger partial charge is 0.159 e. The van der Waals surface area contributed by atoms with Gasteiger partial charge < -0.3 is 0 Å². The van der Waals surface area contributed by atoms with Gasteiger partial charge in [-0.05, 0) is 12.8 Å². The molecule has 1 rings (SSSR count). The zero-order chi connectivity index (χ0) is 9.19. The SMILES string of the molecule is C=CCC1(Cl)C(=O)CCC=C1Cl. The Bertz CT molecular complexity index is 245. The molecular weight excluding hydrogens is 195 g/mol. The van der Waals surface area contributed by atoms with Gasteiger partial charge in [0.05, 0.1) is 0 Å². The van der Waals surface area contributed by atoms with Crippen LogP contribution in [0, 0.1) is 0 Å². The molecule has 0 radical (unpaired) electrons. The average molecular weight is 205 g/mol. The molecule has 12 heavy (non-hydrogen) atoms. The van der Waals surface area contributed by atoms with E-state index in [-0.39, 0.29) is 5.78 Å². The molecule has 0 saturated heterocycles. The number of hydrogen-bond donors (Lipinski definition) is 0. The molecule has 66 valence electrons. The molecule has 0 aromatic carbocycles. The second-order valence-corrected chi connectivity index (χ2v) is 3.86. The Morgan fingerprint density at radius 2 is 2.42 bits per heavy atom. The topological polar surface area (TPSA) is 17.1 Å².